The molecule has 5 nitrogen and oxygen atoms in total. The highest BCUT2D eigenvalue weighted by atomic mass is 32.2. The molecule has 1 aromatic heterocycles. The summed E-state index contributed by atoms with van der Waals surface area (Å²) < 4.78 is 19.6. The monoisotopic (exact) mass is 410 g/mol. The molecule has 0 saturated heterocycles. The number of hydrogen-bond acceptors (Lipinski definition) is 6. The zero-order valence-corrected chi connectivity index (χ0v) is 17.1. The van der Waals surface area contributed by atoms with Crippen LogP contribution in [0.3, 0.4) is 0 Å². The summed E-state index contributed by atoms with van der Waals surface area (Å²) in [6.45, 7) is 2.20. The number of para-hydroxylation sites is 1. The summed E-state index contributed by atoms with van der Waals surface area (Å²) >= 11 is 1.60. The predicted molar refractivity (Wildman–Crippen MR) is 114 cm³/mol. The second-order valence-electron chi connectivity index (χ2n) is 6.90. The van der Waals surface area contributed by atoms with E-state index in [9.17, 15) is 4.39 Å². The van der Waals surface area contributed by atoms with Gasteiger partial charge in [-0.3, -0.25) is 0 Å². The third-order valence-corrected chi connectivity index (χ3v) is 5.66. The van der Waals surface area contributed by atoms with E-state index in [1.807, 2.05) is 24.3 Å². The lowest BCUT2D eigenvalue weighted by Gasteiger charge is -2.19. The summed E-state index contributed by atoms with van der Waals surface area (Å²) in [7, 11) is 0. The van der Waals surface area contributed by atoms with Gasteiger partial charge in [0, 0.05) is 22.6 Å². The molecule has 29 heavy (non-hydrogen) atoms. The van der Waals surface area contributed by atoms with E-state index < -0.39 is 6.23 Å². The molecule has 0 bridgehead atoms. The van der Waals surface area contributed by atoms with Crippen LogP contribution in [-0.2, 0) is 0 Å². The minimum absolute atomic E-state index is 0.283. The number of benzene rings is 2. The highest BCUT2D eigenvalue weighted by Gasteiger charge is 2.26. The second-order valence-corrected chi connectivity index (χ2v) is 7.96. The van der Waals surface area contributed by atoms with Crippen LogP contribution in [0.5, 0.6) is 5.88 Å². The van der Waals surface area contributed by atoms with Gasteiger partial charge >= 0.3 is 0 Å². The molecule has 7 heteroatoms. The van der Waals surface area contributed by atoms with E-state index in [1.54, 1.807) is 23.9 Å². The van der Waals surface area contributed by atoms with Gasteiger partial charge in [-0.15, -0.1) is 10.2 Å². The second kappa shape index (κ2) is 9.22. The van der Waals surface area contributed by atoms with Crippen molar-refractivity contribution < 1.29 is 9.13 Å². The number of ether oxygens (including phenoxy) is 1. The van der Waals surface area contributed by atoms with Crippen LogP contribution in [0.1, 0.15) is 44.4 Å². The Kier molecular flexibility index (Phi) is 6.24. The number of halogens is 1. The maximum Gasteiger partial charge on any atom is 0.247 e. The zero-order valence-electron chi connectivity index (χ0n) is 16.3. The van der Waals surface area contributed by atoms with Crippen LogP contribution < -0.4 is 10.1 Å². The molecule has 0 fully saturated rings. The van der Waals surface area contributed by atoms with Crippen LogP contribution in [0.25, 0.3) is 11.3 Å². The topological polar surface area (TPSA) is 59.9 Å². The lowest BCUT2D eigenvalue weighted by Crippen LogP contribution is -2.17. The Morgan fingerprint density at radius 1 is 1.03 bits per heavy atom. The molecule has 1 aliphatic rings. The van der Waals surface area contributed by atoms with E-state index in [4.69, 9.17) is 4.74 Å². The number of rotatable bonds is 7. The maximum atomic E-state index is 13.4. The van der Waals surface area contributed by atoms with Crippen molar-refractivity contribution >= 4 is 17.4 Å². The highest BCUT2D eigenvalue weighted by Crippen LogP contribution is 2.39. The summed E-state index contributed by atoms with van der Waals surface area (Å²) in [5.74, 6) is 1.10. The first kappa shape index (κ1) is 19.6. The summed E-state index contributed by atoms with van der Waals surface area (Å²) in [5, 5.41) is 12.7. The number of fused-ring (bicyclic) bond motifs is 3. The van der Waals surface area contributed by atoms with Gasteiger partial charge in [-0.2, -0.15) is 4.98 Å². The number of aromatic nitrogens is 3. The number of nitrogens with one attached hydrogen (secondary N) is 1. The third kappa shape index (κ3) is 4.67. The van der Waals surface area contributed by atoms with Crippen molar-refractivity contribution in [3.63, 3.8) is 0 Å². The van der Waals surface area contributed by atoms with E-state index in [0.29, 0.717) is 16.7 Å². The van der Waals surface area contributed by atoms with Crippen molar-refractivity contribution in [2.24, 2.45) is 0 Å². The number of nitrogens with zero attached hydrogens (tertiary/aromatic N) is 3. The molecule has 0 saturated carbocycles. The van der Waals surface area contributed by atoms with Crippen molar-refractivity contribution in [3.05, 3.63) is 59.9 Å². The summed E-state index contributed by atoms with van der Waals surface area (Å²) in [5.41, 5.74) is 3.16. The zero-order chi connectivity index (χ0) is 20.1. The Morgan fingerprint density at radius 2 is 1.86 bits per heavy atom. The van der Waals surface area contributed by atoms with Crippen LogP contribution in [0.4, 0.5) is 10.1 Å². The lowest BCUT2D eigenvalue weighted by atomic mass is 10.1. The first-order valence-electron chi connectivity index (χ1n) is 9.90. The minimum Gasteiger partial charge on any atom is -0.448 e. The number of hydrogen-bond donors (Lipinski definition) is 1. The Balaban J connectivity index is 1.62. The van der Waals surface area contributed by atoms with Crippen LogP contribution >= 0.6 is 11.8 Å². The van der Waals surface area contributed by atoms with Crippen molar-refractivity contribution in [2.45, 2.75) is 44.0 Å². The first-order chi connectivity index (χ1) is 14.2. The minimum atomic E-state index is -0.503. The fraction of sp³-hybridized carbons (Fsp3) is 0.318. The van der Waals surface area contributed by atoms with Gasteiger partial charge < -0.3 is 10.1 Å². The Labute approximate surface area is 174 Å². The molecule has 0 amide bonds. The van der Waals surface area contributed by atoms with Gasteiger partial charge in [-0.05, 0) is 24.6 Å². The number of anilines is 1. The summed E-state index contributed by atoms with van der Waals surface area (Å²) in [6, 6.07) is 14.1. The van der Waals surface area contributed by atoms with E-state index in [0.717, 1.165) is 29.0 Å². The van der Waals surface area contributed by atoms with Gasteiger partial charge in [0.15, 0.2) is 11.9 Å². The highest BCUT2D eigenvalue weighted by molar-refractivity contribution is 7.99. The molecule has 0 aliphatic carbocycles. The predicted octanol–water partition coefficient (Wildman–Crippen LogP) is 5.85. The SMILES string of the molecule is CCCCCCSc1nnc2c(n1)O[C@@H](c1ccc(F)cc1)Nc1ccccc1-2. The van der Waals surface area contributed by atoms with Gasteiger partial charge in [0.2, 0.25) is 11.0 Å². The molecule has 2 aromatic carbocycles. The average molecular weight is 411 g/mol. The Hall–Kier alpha value is -2.67. The molecule has 4 rings (SSSR count). The van der Waals surface area contributed by atoms with Gasteiger partial charge in [-0.25, -0.2) is 4.39 Å². The fourth-order valence-electron chi connectivity index (χ4n) is 3.19. The lowest BCUT2D eigenvalue weighted by molar-refractivity contribution is 0.225. The molecule has 0 unspecified atom stereocenters. The van der Waals surface area contributed by atoms with E-state index in [2.05, 4.69) is 27.4 Å². The van der Waals surface area contributed by atoms with Crippen LogP contribution in [0, 0.1) is 5.82 Å². The molecule has 1 aliphatic heterocycles. The first-order valence-corrected chi connectivity index (χ1v) is 10.9. The van der Waals surface area contributed by atoms with E-state index in [1.165, 1.54) is 31.4 Å². The maximum absolute atomic E-state index is 13.4. The molecule has 1 N–H and O–H groups in total. The van der Waals surface area contributed by atoms with Crippen molar-refractivity contribution in [2.75, 3.05) is 11.1 Å². The Bertz CT molecular complexity index is 967. The summed E-state index contributed by atoms with van der Waals surface area (Å²) in [6.07, 6.45) is 4.30. The van der Waals surface area contributed by atoms with Crippen molar-refractivity contribution in [1.82, 2.24) is 15.2 Å². The van der Waals surface area contributed by atoms with Crippen LogP contribution in [0.2, 0.25) is 0 Å². The number of thioether (sulfide) groups is 1. The average Bonchev–Trinajstić information content (AvgIpc) is 2.90. The van der Waals surface area contributed by atoms with Crippen molar-refractivity contribution in [3.8, 4) is 17.1 Å². The molecular formula is C22H23FN4OS. The normalized spacial score (nSPS) is 14.9. The smallest absolute Gasteiger partial charge is 0.247 e. The standard InChI is InChI=1S/C22H23FN4OS/c1-2-3-4-7-14-29-22-25-21-19(26-27-22)17-8-5-6-9-18(17)24-20(28-21)15-10-12-16(23)13-11-15/h5-6,8-13,20,24H,2-4,7,14H2,1H3/t20-/m0/s1. The van der Waals surface area contributed by atoms with E-state index >= 15 is 0 Å². The quantitative estimate of drug-likeness (QED) is 0.389. The van der Waals surface area contributed by atoms with Crippen LogP contribution in [-0.4, -0.2) is 20.9 Å². The van der Waals surface area contributed by atoms with Crippen molar-refractivity contribution in [1.29, 1.82) is 0 Å². The third-order valence-electron chi connectivity index (χ3n) is 4.74. The summed E-state index contributed by atoms with van der Waals surface area (Å²) in [4.78, 5) is 4.64. The van der Waals surface area contributed by atoms with Gasteiger partial charge in [0.25, 0.3) is 0 Å². The molecule has 0 radical (unpaired) electrons. The fourth-order valence-corrected chi connectivity index (χ4v) is 3.97. The molecule has 0 spiro atoms. The molecular weight excluding hydrogens is 387 g/mol. The molecule has 2 heterocycles. The Morgan fingerprint density at radius 3 is 2.69 bits per heavy atom. The number of unbranched alkanes of at least 4 members (excludes halogenated alkanes) is 3. The molecule has 150 valence electrons. The largest absolute Gasteiger partial charge is 0.448 e. The van der Waals surface area contributed by atoms with Gasteiger partial charge in [0.1, 0.15) is 5.82 Å². The molecule has 1 atom stereocenters. The van der Waals surface area contributed by atoms with E-state index in [-0.39, 0.29) is 5.82 Å². The van der Waals surface area contributed by atoms with Gasteiger partial charge in [-0.1, -0.05) is 68.3 Å². The van der Waals surface area contributed by atoms with Gasteiger partial charge in [0.05, 0.1) is 0 Å². The molecule has 3 aromatic rings. The van der Waals surface area contributed by atoms with Crippen LogP contribution in [0.15, 0.2) is 53.7 Å².